The zero-order valence-corrected chi connectivity index (χ0v) is 15.9. The summed E-state index contributed by atoms with van der Waals surface area (Å²) in [5, 5.41) is 0. The van der Waals surface area contributed by atoms with E-state index < -0.39 is 0 Å². The largest absolute Gasteiger partial charge is 0.489 e. The lowest BCUT2D eigenvalue weighted by molar-refractivity contribution is 0.306. The van der Waals surface area contributed by atoms with Crippen molar-refractivity contribution >= 4 is 6.21 Å². The molecule has 1 unspecified atom stereocenters. The standard InChI is InChI=1S/C23H31NO/c1-4-6-9-20(5-2)16-24-17-21-11-13-23(14-12-21)25-18-22-10-7-8-19(3)15-22/h7-8,10-15,17,20H,4-6,9,16,18H2,1-3H3. The Kier molecular flexibility index (Phi) is 8.24. The SMILES string of the molecule is CCCCC(CC)CN=Cc1ccc(OCc2cccc(C)c2)cc1. The minimum atomic E-state index is 0.602. The molecule has 2 nitrogen and oxygen atoms in total. The van der Waals surface area contributed by atoms with E-state index in [0.717, 1.165) is 17.9 Å². The van der Waals surface area contributed by atoms with E-state index >= 15 is 0 Å². The molecule has 2 aromatic rings. The van der Waals surface area contributed by atoms with Crippen LogP contribution in [0.15, 0.2) is 53.5 Å². The van der Waals surface area contributed by atoms with E-state index in [1.54, 1.807) is 0 Å². The summed E-state index contributed by atoms with van der Waals surface area (Å²) >= 11 is 0. The van der Waals surface area contributed by atoms with Gasteiger partial charge >= 0.3 is 0 Å². The lowest BCUT2D eigenvalue weighted by Crippen LogP contribution is -2.03. The molecule has 2 heteroatoms. The predicted octanol–water partition coefficient (Wildman–Crippen LogP) is 6.21. The van der Waals surface area contributed by atoms with Crippen LogP contribution in [0.3, 0.4) is 0 Å². The highest BCUT2D eigenvalue weighted by molar-refractivity contribution is 5.79. The minimum absolute atomic E-state index is 0.602. The monoisotopic (exact) mass is 337 g/mol. The summed E-state index contributed by atoms with van der Waals surface area (Å²) in [6.45, 7) is 8.14. The zero-order valence-electron chi connectivity index (χ0n) is 15.9. The topological polar surface area (TPSA) is 21.6 Å². The third-order valence-electron chi connectivity index (χ3n) is 4.52. The fraction of sp³-hybridized carbons (Fsp3) is 0.435. The summed E-state index contributed by atoms with van der Waals surface area (Å²) < 4.78 is 5.86. The maximum Gasteiger partial charge on any atom is 0.119 e. The van der Waals surface area contributed by atoms with Crippen LogP contribution in [0, 0.1) is 12.8 Å². The predicted molar refractivity (Wildman–Crippen MR) is 108 cm³/mol. The summed E-state index contributed by atoms with van der Waals surface area (Å²) in [6, 6.07) is 16.6. The quantitative estimate of drug-likeness (QED) is 0.472. The average molecular weight is 338 g/mol. The molecule has 0 aliphatic carbocycles. The maximum absolute atomic E-state index is 5.86. The fourth-order valence-corrected chi connectivity index (χ4v) is 2.84. The third kappa shape index (κ3) is 7.13. The Balaban J connectivity index is 1.81. The number of benzene rings is 2. The van der Waals surface area contributed by atoms with E-state index in [1.165, 1.54) is 36.8 Å². The van der Waals surface area contributed by atoms with Crippen LogP contribution in [-0.2, 0) is 6.61 Å². The number of rotatable bonds is 10. The minimum Gasteiger partial charge on any atom is -0.489 e. The van der Waals surface area contributed by atoms with E-state index in [1.807, 2.05) is 18.3 Å². The zero-order chi connectivity index (χ0) is 17.9. The van der Waals surface area contributed by atoms with Gasteiger partial charge in [-0.15, -0.1) is 0 Å². The van der Waals surface area contributed by atoms with Gasteiger partial charge in [-0.2, -0.15) is 0 Å². The summed E-state index contributed by atoms with van der Waals surface area (Å²) in [5.41, 5.74) is 3.59. The van der Waals surface area contributed by atoms with E-state index in [9.17, 15) is 0 Å². The highest BCUT2D eigenvalue weighted by Crippen LogP contribution is 2.15. The third-order valence-corrected chi connectivity index (χ3v) is 4.52. The molecular formula is C23H31NO. The summed E-state index contributed by atoms with van der Waals surface area (Å²) in [4.78, 5) is 4.63. The molecule has 0 aromatic heterocycles. The highest BCUT2D eigenvalue weighted by atomic mass is 16.5. The van der Waals surface area contributed by atoms with Crippen molar-refractivity contribution in [1.29, 1.82) is 0 Å². The van der Waals surface area contributed by atoms with Crippen LogP contribution < -0.4 is 4.74 Å². The molecule has 0 aliphatic heterocycles. The van der Waals surface area contributed by atoms with Gasteiger partial charge in [-0.3, -0.25) is 4.99 Å². The second kappa shape index (κ2) is 10.7. The van der Waals surface area contributed by atoms with Crippen molar-refractivity contribution in [2.75, 3.05) is 6.54 Å². The number of hydrogen-bond donors (Lipinski definition) is 0. The molecule has 0 N–H and O–H groups in total. The molecule has 0 amide bonds. The molecule has 0 saturated heterocycles. The van der Waals surface area contributed by atoms with Crippen LogP contribution in [0.25, 0.3) is 0 Å². The number of unbranched alkanes of at least 4 members (excludes halogenated alkanes) is 1. The van der Waals surface area contributed by atoms with Gasteiger partial charge in [0.2, 0.25) is 0 Å². The molecule has 1 atom stereocenters. The Morgan fingerprint density at radius 1 is 1.08 bits per heavy atom. The normalized spacial score (nSPS) is 12.4. The summed E-state index contributed by atoms with van der Waals surface area (Å²) in [5.74, 6) is 1.61. The molecule has 0 spiro atoms. The van der Waals surface area contributed by atoms with Gasteiger partial charge in [0.25, 0.3) is 0 Å². The maximum atomic E-state index is 5.86. The molecule has 0 radical (unpaired) electrons. The first-order valence-corrected chi connectivity index (χ1v) is 9.49. The van der Waals surface area contributed by atoms with Gasteiger partial charge in [0.05, 0.1) is 0 Å². The van der Waals surface area contributed by atoms with E-state index in [0.29, 0.717) is 12.5 Å². The summed E-state index contributed by atoms with van der Waals surface area (Å²) in [6.07, 6.45) is 7.06. The Hall–Kier alpha value is -2.09. The van der Waals surface area contributed by atoms with Crippen LogP contribution in [0.4, 0.5) is 0 Å². The lowest BCUT2D eigenvalue weighted by Gasteiger charge is -2.10. The number of aliphatic imine (C=N–C) groups is 1. The van der Waals surface area contributed by atoms with Crippen molar-refractivity contribution < 1.29 is 4.74 Å². The van der Waals surface area contributed by atoms with Crippen molar-refractivity contribution in [2.24, 2.45) is 10.9 Å². The van der Waals surface area contributed by atoms with E-state index in [4.69, 9.17) is 4.74 Å². The summed E-state index contributed by atoms with van der Waals surface area (Å²) in [7, 11) is 0. The first-order chi connectivity index (χ1) is 12.2. The second-order valence-corrected chi connectivity index (χ2v) is 6.76. The van der Waals surface area contributed by atoms with Crippen molar-refractivity contribution in [2.45, 2.75) is 53.1 Å². The highest BCUT2D eigenvalue weighted by Gasteiger charge is 2.03. The van der Waals surface area contributed by atoms with Crippen molar-refractivity contribution in [3.63, 3.8) is 0 Å². The first-order valence-electron chi connectivity index (χ1n) is 9.49. The molecule has 134 valence electrons. The molecule has 0 saturated carbocycles. The molecule has 0 bridgehead atoms. The smallest absolute Gasteiger partial charge is 0.119 e. The molecule has 0 aliphatic rings. The van der Waals surface area contributed by atoms with Crippen molar-refractivity contribution in [1.82, 2.24) is 0 Å². The van der Waals surface area contributed by atoms with Gasteiger partial charge in [0, 0.05) is 12.8 Å². The Bertz CT molecular complexity index is 645. The van der Waals surface area contributed by atoms with Crippen LogP contribution in [-0.4, -0.2) is 12.8 Å². The number of nitrogens with zero attached hydrogens (tertiary/aromatic N) is 1. The second-order valence-electron chi connectivity index (χ2n) is 6.76. The Morgan fingerprint density at radius 3 is 2.56 bits per heavy atom. The Morgan fingerprint density at radius 2 is 1.88 bits per heavy atom. The average Bonchev–Trinajstić information content (AvgIpc) is 2.64. The van der Waals surface area contributed by atoms with E-state index in [-0.39, 0.29) is 0 Å². The molecule has 2 rings (SSSR count). The Labute approximate surface area is 153 Å². The van der Waals surface area contributed by atoms with Crippen LogP contribution in [0.5, 0.6) is 5.75 Å². The molecule has 0 fully saturated rings. The first kappa shape index (κ1) is 19.2. The lowest BCUT2D eigenvalue weighted by atomic mass is 10.00. The fourth-order valence-electron chi connectivity index (χ4n) is 2.84. The van der Waals surface area contributed by atoms with Gasteiger partial charge in [-0.25, -0.2) is 0 Å². The molecule has 0 heterocycles. The number of aryl methyl sites for hydroxylation is 1. The molecule has 25 heavy (non-hydrogen) atoms. The van der Waals surface area contributed by atoms with Crippen LogP contribution in [0.1, 0.15) is 56.2 Å². The van der Waals surface area contributed by atoms with Gasteiger partial charge in [0.1, 0.15) is 12.4 Å². The van der Waals surface area contributed by atoms with E-state index in [2.05, 4.69) is 62.2 Å². The van der Waals surface area contributed by atoms with Gasteiger partial charge in [0.15, 0.2) is 0 Å². The number of hydrogen-bond acceptors (Lipinski definition) is 2. The molecular weight excluding hydrogens is 306 g/mol. The van der Waals surface area contributed by atoms with Gasteiger partial charge < -0.3 is 4.74 Å². The van der Waals surface area contributed by atoms with Crippen molar-refractivity contribution in [3.05, 3.63) is 65.2 Å². The van der Waals surface area contributed by atoms with Gasteiger partial charge in [-0.1, -0.05) is 62.9 Å². The molecule has 2 aromatic carbocycles. The van der Waals surface area contributed by atoms with Crippen LogP contribution >= 0.6 is 0 Å². The van der Waals surface area contributed by atoms with Crippen LogP contribution in [0.2, 0.25) is 0 Å². The van der Waals surface area contributed by atoms with Gasteiger partial charge in [-0.05, 0) is 54.7 Å². The number of ether oxygens (including phenoxy) is 1. The van der Waals surface area contributed by atoms with Crippen molar-refractivity contribution in [3.8, 4) is 5.75 Å².